The van der Waals surface area contributed by atoms with Gasteiger partial charge in [-0.2, -0.15) is 0 Å². The third-order valence-electron chi connectivity index (χ3n) is 4.97. The van der Waals surface area contributed by atoms with E-state index in [2.05, 4.69) is 25.8 Å². The van der Waals surface area contributed by atoms with Crippen LogP contribution in [0.1, 0.15) is 51.8 Å². The zero-order chi connectivity index (χ0) is 21.9. The molecule has 1 N–H and O–H groups in total. The molecular weight excluding hydrogens is 380 g/mol. The van der Waals surface area contributed by atoms with E-state index in [0.717, 1.165) is 36.3 Å². The van der Waals surface area contributed by atoms with Crippen LogP contribution in [0.15, 0.2) is 18.3 Å². The SMILES string of the molecule is C[C@@H](CO)Oc1ccnc(-c2nc3c(c(N(C)CC(=O)CC(C)(C)C)n2)CCC3)c1. The Morgan fingerprint density at radius 3 is 2.77 bits per heavy atom. The van der Waals surface area contributed by atoms with Gasteiger partial charge in [0.15, 0.2) is 11.6 Å². The van der Waals surface area contributed by atoms with E-state index in [-0.39, 0.29) is 23.9 Å². The van der Waals surface area contributed by atoms with Crippen LogP contribution >= 0.6 is 0 Å². The van der Waals surface area contributed by atoms with E-state index in [1.54, 1.807) is 25.3 Å². The molecule has 7 heteroatoms. The molecule has 2 aromatic heterocycles. The Bertz CT molecular complexity index is 908. The Kier molecular flexibility index (Phi) is 6.71. The van der Waals surface area contributed by atoms with E-state index >= 15 is 0 Å². The number of aliphatic hydroxyl groups excluding tert-OH is 1. The molecule has 0 saturated heterocycles. The maximum atomic E-state index is 12.5. The molecular formula is C23H32N4O3. The fourth-order valence-corrected chi connectivity index (χ4v) is 3.71. The van der Waals surface area contributed by atoms with Crippen molar-refractivity contribution in [2.24, 2.45) is 5.41 Å². The zero-order valence-corrected chi connectivity index (χ0v) is 18.6. The van der Waals surface area contributed by atoms with Crippen molar-refractivity contribution < 1.29 is 14.6 Å². The lowest BCUT2D eigenvalue weighted by atomic mass is 9.90. The van der Waals surface area contributed by atoms with Crippen molar-refractivity contribution in [3.63, 3.8) is 0 Å². The lowest BCUT2D eigenvalue weighted by molar-refractivity contribution is -0.119. The number of fused-ring (bicyclic) bond motifs is 1. The third kappa shape index (κ3) is 5.53. The Labute approximate surface area is 178 Å². The van der Waals surface area contributed by atoms with Gasteiger partial charge >= 0.3 is 0 Å². The Balaban J connectivity index is 1.90. The molecule has 30 heavy (non-hydrogen) atoms. The summed E-state index contributed by atoms with van der Waals surface area (Å²) in [5, 5.41) is 9.23. The Morgan fingerprint density at radius 1 is 1.30 bits per heavy atom. The van der Waals surface area contributed by atoms with Crippen molar-refractivity contribution in [1.29, 1.82) is 0 Å². The second-order valence-corrected chi connectivity index (χ2v) is 9.27. The molecule has 0 spiro atoms. The maximum absolute atomic E-state index is 12.5. The van der Waals surface area contributed by atoms with Crippen LogP contribution in [-0.2, 0) is 17.6 Å². The van der Waals surface area contributed by atoms with Crippen LogP contribution in [0.5, 0.6) is 5.75 Å². The molecule has 0 aromatic carbocycles. The average Bonchev–Trinajstić information content (AvgIpc) is 3.14. The summed E-state index contributed by atoms with van der Waals surface area (Å²) in [6, 6.07) is 3.54. The molecule has 0 aliphatic heterocycles. The van der Waals surface area contributed by atoms with Crippen LogP contribution in [0.4, 0.5) is 5.82 Å². The fourth-order valence-electron chi connectivity index (χ4n) is 3.71. The summed E-state index contributed by atoms with van der Waals surface area (Å²) in [4.78, 5) is 28.5. The lowest BCUT2D eigenvalue weighted by Gasteiger charge is -2.23. The van der Waals surface area contributed by atoms with E-state index in [0.29, 0.717) is 30.2 Å². The first kappa shape index (κ1) is 22.2. The second kappa shape index (κ2) is 9.08. The summed E-state index contributed by atoms with van der Waals surface area (Å²) in [6.07, 6.45) is 4.74. The number of rotatable bonds is 8. The number of aryl methyl sites for hydroxylation is 1. The van der Waals surface area contributed by atoms with Gasteiger partial charge in [0.2, 0.25) is 0 Å². The number of Topliss-reactive ketones (excluding diaryl/α,β-unsaturated/α-hetero) is 1. The van der Waals surface area contributed by atoms with Crippen LogP contribution in [0.2, 0.25) is 0 Å². The highest BCUT2D eigenvalue weighted by molar-refractivity contribution is 5.84. The first-order valence-corrected chi connectivity index (χ1v) is 10.5. The summed E-state index contributed by atoms with van der Waals surface area (Å²) < 4.78 is 5.69. The number of ketones is 1. The minimum atomic E-state index is -0.309. The number of aliphatic hydroxyl groups is 1. The van der Waals surface area contributed by atoms with Gasteiger partial charge in [-0.3, -0.25) is 9.78 Å². The number of ether oxygens (including phenoxy) is 1. The molecule has 0 bridgehead atoms. The van der Waals surface area contributed by atoms with Crippen molar-refractivity contribution in [3.05, 3.63) is 29.6 Å². The Hall–Kier alpha value is -2.54. The molecule has 1 aliphatic rings. The van der Waals surface area contributed by atoms with Gasteiger partial charge in [0, 0.05) is 37.0 Å². The highest BCUT2D eigenvalue weighted by Gasteiger charge is 2.24. The molecule has 162 valence electrons. The molecule has 0 saturated carbocycles. The monoisotopic (exact) mass is 412 g/mol. The second-order valence-electron chi connectivity index (χ2n) is 9.27. The molecule has 0 amide bonds. The van der Waals surface area contributed by atoms with E-state index in [4.69, 9.17) is 14.7 Å². The van der Waals surface area contributed by atoms with Crippen LogP contribution < -0.4 is 9.64 Å². The minimum Gasteiger partial charge on any atom is -0.488 e. The van der Waals surface area contributed by atoms with Gasteiger partial charge in [-0.25, -0.2) is 9.97 Å². The molecule has 1 atom stereocenters. The van der Waals surface area contributed by atoms with Crippen LogP contribution in [0, 0.1) is 5.41 Å². The number of likely N-dealkylation sites (N-methyl/N-ethyl adjacent to an activating group) is 1. The number of carbonyl (C=O) groups is 1. The first-order chi connectivity index (χ1) is 14.2. The fraction of sp³-hybridized carbons (Fsp3) is 0.565. The molecule has 1 aliphatic carbocycles. The van der Waals surface area contributed by atoms with Gasteiger partial charge in [-0.15, -0.1) is 0 Å². The minimum absolute atomic E-state index is 0.0350. The smallest absolute Gasteiger partial charge is 0.180 e. The number of pyridine rings is 1. The standard InChI is InChI=1S/C23H32N4O3/c1-15(14-28)30-17-9-10-24-20(11-17)21-25-19-8-6-7-18(19)22(26-21)27(5)13-16(29)12-23(2,3)4/h9-11,15,28H,6-8,12-14H2,1-5H3/t15-/m0/s1. The average molecular weight is 413 g/mol. The molecule has 3 rings (SSSR count). The van der Waals surface area contributed by atoms with Crippen molar-refractivity contribution >= 4 is 11.6 Å². The normalized spacial score (nSPS) is 14.3. The number of hydrogen-bond donors (Lipinski definition) is 1. The molecule has 7 nitrogen and oxygen atoms in total. The van der Waals surface area contributed by atoms with Crippen LogP contribution in [0.3, 0.4) is 0 Å². The van der Waals surface area contributed by atoms with Crippen molar-refractivity contribution in [3.8, 4) is 17.3 Å². The van der Waals surface area contributed by atoms with Gasteiger partial charge in [-0.05, 0) is 37.7 Å². The van der Waals surface area contributed by atoms with Crippen LogP contribution in [0.25, 0.3) is 11.5 Å². The molecule has 0 fully saturated rings. The van der Waals surface area contributed by atoms with E-state index < -0.39 is 0 Å². The summed E-state index contributed by atoms with van der Waals surface area (Å²) in [5.74, 6) is 2.15. The van der Waals surface area contributed by atoms with Gasteiger partial charge in [0.25, 0.3) is 0 Å². The molecule has 2 aromatic rings. The predicted octanol–water partition coefficient (Wildman–Crippen LogP) is 3.23. The lowest BCUT2D eigenvalue weighted by Crippen LogP contribution is -2.30. The maximum Gasteiger partial charge on any atom is 0.180 e. The molecule has 0 unspecified atom stereocenters. The van der Waals surface area contributed by atoms with Gasteiger partial charge in [0.05, 0.1) is 13.2 Å². The topological polar surface area (TPSA) is 88.4 Å². The zero-order valence-electron chi connectivity index (χ0n) is 18.6. The van der Waals surface area contributed by atoms with Gasteiger partial charge in [0.1, 0.15) is 23.4 Å². The third-order valence-corrected chi connectivity index (χ3v) is 4.97. The highest BCUT2D eigenvalue weighted by atomic mass is 16.5. The summed E-state index contributed by atoms with van der Waals surface area (Å²) in [7, 11) is 1.92. The highest BCUT2D eigenvalue weighted by Crippen LogP contribution is 2.31. The molecule has 2 heterocycles. The van der Waals surface area contributed by atoms with Crippen molar-refractivity contribution in [2.45, 2.75) is 59.5 Å². The van der Waals surface area contributed by atoms with Crippen molar-refractivity contribution in [1.82, 2.24) is 15.0 Å². The predicted molar refractivity (Wildman–Crippen MR) is 117 cm³/mol. The Morgan fingerprint density at radius 2 is 2.07 bits per heavy atom. The van der Waals surface area contributed by atoms with E-state index in [9.17, 15) is 9.90 Å². The summed E-state index contributed by atoms with van der Waals surface area (Å²) in [5.41, 5.74) is 2.74. The molecule has 0 radical (unpaired) electrons. The van der Waals surface area contributed by atoms with Gasteiger partial charge < -0.3 is 14.7 Å². The number of nitrogens with zero attached hydrogens (tertiary/aromatic N) is 4. The number of aromatic nitrogens is 3. The summed E-state index contributed by atoms with van der Waals surface area (Å²) in [6.45, 7) is 8.28. The largest absolute Gasteiger partial charge is 0.488 e. The van der Waals surface area contributed by atoms with Gasteiger partial charge in [-0.1, -0.05) is 20.8 Å². The quantitative estimate of drug-likeness (QED) is 0.712. The van der Waals surface area contributed by atoms with E-state index in [1.807, 2.05) is 11.9 Å². The number of carbonyl (C=O) groups excluding carboxylic acids is 1. The summed E-state index contributed by atoms with van der Waals surface area (Å²) >= 11 is 0. The van der Waals surface area contributed by atoms with Crippen molar-refractivity contribution in [2.75, 3.05) is 25.1 Å². The number of anilines is 1. The number of hydrogen-bond acceptors (Lipinski definition) is 7. The van der Waals surface area contributed by atoms with E-state index in [1.165, 1.54) is 0 Å². The van der Waals surface area contributed by atoms with Crippen LogP contribution in [-0.4, -0.2) is 52.1 Å². The first-order valence-electron chi connectivity index (χ1n) is 10.5.